The van der Waals surface area contributed by atoms with Crippen LogP contribution >= 0.6 is 10.6 Å². The number of pyridine rings is 1. The number of hydrogen-bond acceptors (Lipinski definition) is 8. The molecule has 1 aliphatic heterocycles. The Hall–Kier alpha value is -4.98. The number of rotatable bonds is 8. The van der Waals surface area contributed by atoms with Crippen molar-refractivity contribution in [3.8, 4) is 16.9 Å². The van der Waals surface area contributed by atoms with E-state index in [1.54, 1.807) is 51.9 Å². The van der Waals surface area contributed by atoms with Gasteiger partial charge in [0.05, 0.1) is 24.3 Å². The van der Waals surface area contributed by atoms with E-state index in [1.165, 1.54) is 19.2 Å². The van der Waals surface area contributed by atoms with Crippen molar-refractivity contribution in [3.63, 3.8) is 0 Å². The van der Waals surface area contributed by atoms with Gasteiger partial charge in [-0.15, -0.1) is 5.10 Å². The Labute approximate surface area is 260 Å². The van der Waals surface area contributed by atoms with Crippen LogP contribution in [0.4, 0.5) is 16.0 Å². The van der Waals surface area contributed by atoms with Crippen molar-refractivity contribution in [2.24, 2.45) is 0 Å². The summed E-state index contributed by atoms with van der Waals surface area (Å²) in [5.74, 6) is 0.373. The molecule has 11 nitrogen and oxygen atoms in total. The molecule has 6 rings (SSSR count). The molecule has 0 spiro atoms. The normalized spacial score (nSPS) is 15.0. The van der Waals surface area contributed by atoms with Gasteiger partial charge in [-0.1, -0.05) is 24.3 Å². The van der Waals surface area contributed by atoms with Gasteiger partial charge in [0.2, 0.25) is 5.95 Å². The Morgan fingerprint density at radius 1 is 0.933 bits per heavy atom. The molecule has 0 aliphatic carbocycles. The van der Waals surface area contributed by atoms with Crippen LogP contribution in [0.1, 0.15) is 26.3 Å². The fourth-order valence-electron chi connectivity index (χ4n) is 4.97. The van der Waals surface area contributed by atoms with Crippen molar-refractivity contribution in [2.45, 2.75) is 6.54 Å². The third kappa shape index (κ3) is 6.90. The first kappa shape index (κ1) is 30.1. The largest absolute Gasteiger partial charge is 0.495 e. The number of anilines is 2. The van der Waals surface area contributed by atoms with Gasteiger partial charge in [0, 0.05) is 42.5 Å². The highest BCUT2D eigenvalue weighted by Gasteiger charge is 2.26. The van der Waals surface area contributed by atoms with Crippen LogP contribution in [0.25, 0.3) is 16.8 Å². The molecule has 3 heterocycles. The zero-order valence-electron chi connectivity index (χ0n) is 24.3. The summed E-state index contributed by atoms with van der Waals surface area (Å²) in [7, 11) is -1.09. The predicted molar refractivity (Wildman–Crippen MR) is 171 cm³/mol. The van der Waals surface area contributed by atoms with Crippen LogP contribution in [0.2, 0.25) is 0 Å². The minimum absolute atomic E-state index is 0.180. The molecular weight excluding hydrogens is 599 g/mol. The lowest BCUT2D eigenvalue weighted by Crippen LogP contribution is -2.42. The highest BCUT2D eigenvalue weighted by Crippen LogP contribution is 2.40. The molecule has 2 amide bonds. The molecule has 3 aromatic carbocycles. The van der Waals surface area contributed by atoms with Gasteiger partial charge in [-0.2, -0.15) is 15.6 Å². The Morgan fingerprint density at radius 3 is 2.33 bits per heavy atom. The molecule has 0 radical (unpaired) electrons. The van der Waals surface area contributed by atoms with Gasteiger partial charge < -0.3 is 20.3 Å². The summed E-state index contributed by atoms with van der Waals surface area (Å²) in [5, 5.41) is 10.5. The van der Waals surface area contributed by atoms with E-state index in [2.05, 4.69) is 20.7 Å². The molecule has 0 unspecified atom stereocenters. The fourth-order valence-corrected chi connectivity index (χ4v) is 6.20. The third-order valence-corrected chi connectivity index (χ3v) is 9.21. The lowest BCUT2D eigenvalue weighted by atomic mass is 10.1. The average molecular weight is 631 g/mol. The number of nitrogens with zero attached hydrogens (tertiary/aromatic N) is 4. The Kier molecular flexibility index (Phi) is 8.39. The van der Waals surface area contributed by atoms with Crippen molar-refractivity contribution in [1.29, 1.82) is 0 Å². The van der Waals surface area contributed by atoms with E-state index in [0.29, 0.717) is 40.7 Å². The maximum atomic E-state index is 13.1. The van der Waals surface area contributed by atoms with Crippen LogP contribution in [-0.2, 0) is 6.54 Å². The molecule has 5 aromatic rings. The van der Waals surface area contributed by atoms with E-state index < -0.39 is 10.6 Å². The number of hydrogen-bond donors (Lipinski definition) is 4. The lowest BCUT2D eigenvalue weighted by Gasteiger charge is -2.40. The number of carbonyl (C=O) groups is 2. The Bertz CT molecular complexity index is 1850. The average Bonchev–Trinajstić information content (AvgIpc) is 3.46. The number of nitrogens with one attached hydrogen (secondary N) is 2. The maximum absolute atomic E-state index is 13.1. The molecule has 2 aromatic heterocycles. The number of halogens is 1. The lowest BCUT2D eigenvalue weighted by molar-refractivity contribution is 0.0767. The van der Waals surface area contributed by atoms with Gasteiger partial charge in [-0.3, -0.25) is 18.7 Å². The van der Waals surface area contributed by atoms with E-state index in [9.17, 15) is 23.1 Å². The third-order valence-electron chi connectivity index (χ3n) is 7.54. The SMILES string of the molecule is COc1cc(C(=O)N2CCS(O)(O)CC2)ccc1Nc1nc2ccc(-c3ccc(C(=O)NCc4ccc(F)cc4)cc3)cn2n1. The second-order valence-corrected chi connectivity index (χ2v) is 13.0. The molecular formula is C32H31FN6O5S. The second-order valence-electron chi connectivity index (χ2n) is 10.6. The topological polar surface area (TPSA) is 141 Å². The molecule has 1 aliphatic rings. The standard InChI is InChI=1S/C32H31FN6O5S/c1-44-28-18-24(31(41)38-14-16-45(42,43)17-15-38)8-12-27(28)35-32-36-29-13-9-25(20-39(29)37-32)22-4-6-23(7-5-22)30(40)34-19-21-2-10-26(33)11-3-21/h2-13,18,20,42-43H,14-17,19H2,1H3,(H,34,40)(H,35,37). The highest BCUT2D eigenvalue weighted by molar-refractivity contribution is 8.24. The summed E-state index contributed by atoms with van der Waals surface area (Å²) in [4.78, 5) is 31.7. The number of carbonyl (C=O) groups excluding carboxylic acids is 2. The van der Waals surface area contributed by atoms with Gasteiger partial charge >= 0.3 is 0 Å². The molecule has 1 saturated heterocycles. The first-order chi connectivity index (χ1) is 21.7. The first-order valence-electron chi connectivity index (χ1n) is 14.1. The zero-order chi connectivity index (χ0) is 31.6. The molecule has 13 heteroatoms. The van der Waals surface area contributed by atoms with E-state index >= 15 is 0 Å². The summed E-state index contributed by atoms with van der Waals surface area (Å²) in [6.07, 6.45) is 1.84. The summed E-state index contributed by atoms with van der Waals surface area (Å²) in [6, 6.07) is 22.0. The number of aromatic nitrogens is 3. The number of fused-ring (bicyclic) bond motifs is 1. The Balaban J connectivity index is 1.12. The van der Waals surface area contributed by atoms with Gasteiger partial charge in [-0.25, -0.2) is 8.91 Å². The van der Waals surface area contributed by atoms with E-state index in [-0.39, 0.29) is 42.2 Å². The maximum Gasteiger partial charge on any atom is 0.254 e. The molecule has 4 N–H and O–H groups in total. The van der Waals surface area contributed by atoms with Gasteiger partial charge in [0.15, 0.2) is 5.65 Å². The first-order valence-corrected chi connectivity index (χ1v) is 16.0. The van der Waals surface area contributed by atoms with Crippen LogP contribution in [0.15, 0.2) is 85.1 Å². The molecule has 1 fully saturated rings. The summed E-state index contributed by atoms with van der Waals surface area (Å²) >= 11 is 0. The van der Waals surface area contributed by atoms with Gasteiger partial charge in [0.1, 0.15) is 11.6 Å². The van der Waals surface area contributed by atoms with Crippen molar-refractivity contribution in [1.82, 2.24) is 24.8 Å². The van der Waals surface area contributed by atoms with Crippen LogP contribution in [-0.4, -0.2) is 72.1 Å². The molecule has 0 bridgehead atoms. The number of benzene rings is 3. The Morgan fingerprint density at radius 2 is 1.62 bits per heavy atom. The van der Waals surface area contributed by atoms with E-state index in [0.717, 1.165) is 16.7 Å². The van der Waals surface area contributed by atoms with Gasteiger partial charge in [0.25, 0.3) is 11.8 Å². The van der Waals surface area contributed by atoms with Crippen molar-refractivity contribution < 1.29 is 27.8 Å². The summed E-state index contributed by atoms with van der Waals surface area (Å²) in [5.41, 5.74) is 4.69. The number of methoxy groups -OCH3 is 1. The monoisotopic (exact) mass is 630 g/mol. The predicted octanol–water partition coefficient (Wildman–Crippen LogP) is 5.42. The smallest absolute Gasteiger partial charge is 0.254 e. The zero-order valence-corrected chi connectivity index (χ0v) is 25.1. The quantitative estimate of drug-likeness (QED) is 0.178. The summed E-state index contributed by atoms with van der Waals surface area (Å²) < 4.78 is 40.0. The van der Waals surface area contributed by atoms with Crippen LogP contribution in [0, 0.1) is 5.82 Å². The molecule has 232 valence electrons. The van der Waals surface area contributed by atoms with Crippen LogP contribution in [0.5, 0.6) is 5.75 Å². The molecule has 0 saturated carbocycles. The van der Waals surface area contributed by atoms with Crippen molar-refractivity contribution in [3.05, 3.63) is 108 Å². The highest BCUT2D eigenvalue weighted by atomic mass is 32.3. The van der Waals surface area contributed by atoms with Gasteiger partial charge in [-0.05, 0) is 65.7 Å². The number of amides is 2. The minimum Gasteiger partial charge on any atom is -0.495 e. The van der Waals surface area contributed by atoms with E-state index in [4.69, 9.17) is 4.74 Å². The van der Waals surface area contributed by atoms with Crippen LogP contribution in [0.3, 0.4) is 0 Å². The molecule has 45 heavy (non-hydrogen) atoms. The van der Waals surface area contributed by atoms with E-state index in [1.807, 2.05) is 30.5 Å². The van der Waals surface area contributed by atoms with Crippen LogP contribution < -0.4 is 15.4 Å². The van der Waals surface area contributed by atoms with Crippen molar-refractivity contribution in [2.75, 3.05) is 37.0 Å². The molecule has 0 atom stereocenters. The second kappa shape index (κ2) is 12.6. The summed E-state index contributed by atoms with van der Waals surface area (Å²) in [6.45, 7) is 0.870. The minimum atomic E-state index is -2.60. The fraction of sp³-hybridized carbons (Fsp3) is 0.188. The van der Waals surface area contributed by atoms with Crippen molar-refractivity contribution >= 4 is 39.7 Å². The number of ether oxygens (including phenoxy) is 1.